The molecule has 0 spiro atoms. The molecular formula is C17H18N2O2. The quantitative estimate of drug-likeness (QED) is 0.855. The molecule has 4 heteroatoms. The van der Waals surface area contributed by atoms with Crippen LogP contribution in [0, 0.1) is 0 Å². The largest absolute Gasteiger partial charge is 0.487 e. The molecule has 4 nitrogen and oxygen atoms in total. The van der Waals surface area contributed by atoms with Crippen LogP contribution in [0.1, 0.15) is 35.0 Å². The van der Waals surface area contributed by atoms with Crippen molar-refractivity contribution in [3.8, 4) is 5.75 Å². The number of fused-ring (bicyclic) bond motifs is 1. The lowest BCUT2D eigenvalue weighted by Crippen LogP contribution is -2.01. The Morgan fingerprint density at radius 1 is 1.24 bits per heavy atom. The van der Waals surface area contributed by atoms with Crippen LogP contribution in [0.5, 0.6) is 5.75 Å². The van der Waals surface area contributed by atoms with Gasteiger partial charge in [-0.15, -0.1) is 0 Å². The van der Waals surface area contributed by atoms with Gasteiger partial charge in [-0.1, -0.05) is 13.0 Å². The number of anilines is 1. The molecule has 0 atom stereocenters. The topological polar surface area (TPSA) is 51.2 Å². The molecule has 1 aliphatic heterocycles. The molecule has 108 valence electrons. The van der Waals surface area contributed by atoms with E-state index < -0.39 is 0 Å². The fraction of sp³-hybridized carbons (Fsp3) is 0.294. The smallest absolute Gasteiger partial charge is 0.162 e. The Morgan fingerprint density at radius 3 is 2.81 bits per heavy atom. The summed E-state index contributed by atoms with van der Waals surface area (Å²) in [6.07, 6.45) is 1.56. The first kappa shape index (κ1) is 13.6. The molecule has 2 heterocycles. The molecule has 1 aromatic heterocycles. The number of ether oxygens (including phenoxy) is 1. The third-order valence-corrected chi connectivity index (χ3v) is 3.61. The molecule has 0 bridgehead atoms. The van der Waals surface area contributed by atoms with Gasteiger partial charge in [-0.3, -0.25) is 4.79 Å². The van der Waals surface area contributed by atoms with E-state index in [2.05, 4.69) is 16.4 Å². The van der Waals surface area contributed by atoms with Gasteiger partial charge in [-0.25, -0.2) is 4.98 Å². The van der Waals surface area contributed by atoms with E-state index in [0.29, 0.717) is 13.0 Å². The van der Waals surface area contributed by atoms with Gasteiger partial charge < -0.3 is 10.1 Å². The van der Waals surface area contributed by atoms with Crippen molar-refractivity contribution in [3.05, 3.63) is 53.2 Å². The molecule has 2 aromatic rings. The molecule has 3 rings (SSSR count). The van der Waals surface area contributed by atoms with Gasteiger partial charge in [-0.05, 0) is 42.3 Å². The van der Waals surface area contributed by atoms with Crippen molar-refractivity contribution in [1.82, 2.24) is 4.98 Å². The van der Waals surface area contributed by atoms with Crippen LogP contribution >= 0.6 is 0 Å². The number of aromatic nitrogens is 1. The maximum absolute atomic E-state index is 11.6. The van der Waals surface area contributed by atoms with E-state index >= 15 is 0 Å². The van der Waals surface area contributed by atoms with Crippen molar-refractivity contribution in [1.29, 1.82) is 0 Å². The average Bonchev–Trinajstić information content (AvgIpc) is 3.00. The first-order valence-electron chi connectivity index (χ1n) is 7.25. The zero-order valence-electron chi connectivity index (χ0n) is 12.1. The second kappa shape index (κ2) is 5.95. The summed E-state index contributed by atoms with van der Waals surface area (Å²) in [5, 5.41) is 3.26. The standard InChI is InChI=1S/C17H18N2O2/c1-2-16(20)12-4-7-15(8-5-12)21-11-14-6-3-13-9-10-18-17(13)19-14/h3-8H,2,9-11H2,1H3,(H,18,19). The predicted molar refractivity (Wildman–Crippen MR) is 81.8 cm³/mol. The summed E-state index contributed by atoms with van der Waals surface area (Å²) in [7, 11) is 0. The molecule has 0 unspecified atom stereocenters. The minimum atomic E-state index is 0.146. The van der Waals surface area contributed by atoms with Gasteiger partial charge in [0.25, 0.3) is 0 Å². The lowest BCUT2D eigenvalue weighted by Gasteiger charge is -2.08. The minimum Gasteiger partial charge on any atom is -0.487 e. The number of ketones is 1. The van der Waals surface area contributed by atoms with Gasteiger partial charge in [0.15, 0.2) is 5.78 Å². The number of hydrogen-bond donors (Lipinski definition) is 1. The number of Topliss-reactive ketones (excluding diaryl/α,β-unsaturated/α-hetero) is 1. The van der Waals surface area contributed by atoms with Crippen LogP contribution in [-0.2, 0) is 13.0 Å². The molecule has 0 fully saturated rings. The van der Waals surface area contributed by atoms with Crippen LogP contribution < -0.4 is 10.1 Å². The highest BCUT2D eigenvalue weighted by molar-refractivity contribution is 5.95. The van der Waals surface area contributed by atoms with Crippen LogP contribution in [0.25, 0.3) is 0 Å². The average molecular weight is 282 g/mol. The molecule has 0 radical (unpaired) electrons. The maximum atomic E-state index is 11.6. The second-order valence-corrected chi connectivity index (χ2v) is 5.08. The van der Waals surface area contributed by atoms with Gasteiger partial charge in [0, 0.05) is 18.5 Å². The van der Waals surface area contributed by atoms with Gasteiger partial charge >= 0.3 is 0 Å². The van der Waals surface area contributed by atoms with Crippen molar-refractivity contribution >= 4 is 11.6 Å². The fourth-order valence-electron chi connectivity index (χ4n) is 2.38. The molecule has 0 aliphatic carbocycles. The molecule has 1 N–H and O–H groups in total. The Balaban J connectivity index is 1.63. The summed E-state index contributed by atoms with van der Waals surface area (Å²) in [6.45, 7) is 3.25. The summed E-state index contributed by atoms with van der Waals surface area (Å²) >= 11 is 0. The first-order chi connectivity index (χ1) is 10.3. The van der Waals surface area contributed by atoms with E-state index in [0.717, 1.165) is 35.8 Å². The van der Waals surface area contributed by atoms with Crippen molar-refractivity contribution in [2.24, 2.45) is 0 Å². The lowest BCUT2D eigenvalue weighted by molar-refractivity contribution is 0.0988. The Morgan fingerprint density at radius 2 is 2.05 bits per heavy atom. The van der Waals surface area contributed by atoms with Crippen molar-refractivity contribution < 1.29 is 9.53 Å². The fourth-order valence-corrected chi connectivity index (χ4v) is 2.38. The molecule has 21 heavy (non-hydrogen) atoms. The molecular weight excluding hydrogens is 264 g/mol. The predicted octanol–water partition coefficient (Wildman–Crippen LogP) is 3.22. The van der Waals surface area contributed by atoms with E-state index in [4.69, 9.17) is 4.74 Å². The third kappa shape index (κ3) is 3.05. The van der Waals surface area contributed by atoms with Crippen LogP contribution in [0.2, 0.25) is 0 Å². The minimum absolute atomic E-state index is 0.146. The normalized spacial score (nSPS) is 12.6. The molecule has 0 saturated heterocycles. The highest BCUT2D eigenvalue weighted by Crippen LogP contribution is 2.20. The zero-order chi connectivity index (χ0) is 14.7. The molecule has 0 saturated carbocycles. The Labute approximate surface area is 124 Å². The third-order valence-electron chi connectivity index (χ3n) is 3.61. The molecule has 1 aromatic carbocycles. The summed E-state index contributed by atoms with van der Waals surface area (Å²) < 4.78 is 5.72. The van der Waals surface area contributed by atoms with Crippen LogP contribution in [-0.4, -0.2) is 17.3 Å². The van der Waals surface area contributed by atoms with Crippen molar-refractivity contribution in [3.63, 3.8) is 0 Å². The number of nitrogens with zero attached hydrogens (tertiary/aromatic N) is 1. The zero-order valence-corrected chi connectivity index (χ0v) is 12.1. The van der Waals surface area contributed by atoms with E-state index in [-0.39, 0.29) is 5.78 Å². The summed E-state index contributed by atoms with van der Waals surface area (Å²) in [5.41, 5.74) is 2.89. The van der Waals surface area contributed by atoms with Gasteiger partial charge in [0.05, 0.1) is 5.69 Å². The maximum Gasteiger partial charge on any atom is 0.162 e. The summed E-state index contributed by atoms with van der Waals surface area (Å²) in [5.74, 6) is 1.87. The van der Waals surface area contributed by atoms with Crippen molar-refractivity contribution in [2.45, 2.75) is 26.4 Å². The summed E-state index contributed by atoms with van der Waals surface area (Å²) in [4.78, 5) is 16.1. The van der Waals surface area contributed by atoms with Gasteiger partial charge in [0.1, 0.15) is 18.2 Å². The van der Waals surface area contributed by atoms with Gasteiger partial charge in [-0.2, -0.15) is 0 Å². The van der Waals surface area contributed by atoms with Crippen LogP contribution in [0.4, 0.5) is 5.82 Å². The first-order valence-corrected chi connectivity index (χ1v) is 7.25. The summed E-state index contributed by atoms with van der Waals surface area (Å²) in [6, 6.07) is 11.4. The van der Waals surface area contributed by atoms with E-state index in [1.165, 1.54) is 5.56 Å². The molecule has 0 amide bonds. The van der Waals surface area contributed by atoms with Gasteiger partial charge in [0.2, 0.25) is 0 Å². The van der Waals surface area contributed by atoms with E-state index in [1.807, 2.05) is 25.1 Å². The number of rotatable bonds is 5. The van der Waals surface area contributed by atoms with Crippen molar-refractivity contribution in [2.75, 3.05) is 11.9 Å². The number of carbonyl (C=O) groups excluding carboxylic acids is 1. The highest BCUT2D eigenvalue weighted by atomic mass is 16.5. The lowest BCUT2D eigenvalue weighted by atomic mass is 10.1. The number of hydrogen-bond acceptors (Lipinski definition) is 4. The number of carbonyl (C=O) groups is 1. The van der Waals surface area contributed by atoms with Crippen LogP contribution in [0.3, 0.4) is 0 Å². The SMILES string of the molecule is CCC(=O)c1ccc(OCc2ccc3c(n2)NCC3)cc1. The number of benzene rings is 1. The Bertz CT molecular complexity index is 650. The Hall–Kier alpha value is -2.36. The van der Waals surface area contributed by atoms with E-state index in [1.54, 1.807) is 12.1 Å². The van der Waals surface area contributed by atoms with Crippen LogP contribution in [0.15, 0.2) is 36.4 Å². The Kier molecular flexibility index (Phi) is 3.86. The highest BCUT2D eigenvalue weighted by Gasteiger charge is 2.11. The second-order valence-electron chi connectivity index (χ2n) is 5.08. The number of nitrogens with one attached hydrogen (secondary N) is 1. The van der Waals surface area contributed by atoms with E-state index in [9.17, 15) is 4.79 Å². The number of pyridine rings is 1. The molecule has 1 aliphatic rings. The monoisotopic (exact) mass is 282 g/mol.